The third-order valence-corrected chi connectivity index (χ3v) is 3.25. The minimum Gasteiger partial charge on any atom is -0.494 e. The van der Waals surface area contributed by atoms with Crippen molar-refractivity contribution >= 4 is 5.78 Å². The summed E-state index contributed by atoms with van der Waals surface area (Å²) in [4.78, 5) is 11.3. The van der Waals surface area contributed by atoms with Gasteiger partial charge in [0.2, 0.25) is 0 Å². The summed E-state index contributed by atoms with van der Waals surface area (Å²) in [5, 5.41) is 0. The van der Waals surface area contributed by atoms with Crippen molar-refractivity contribution in [2.45, 2.75) is 44.6 Å². The van der Waals surface area contributed by atoms with E-state index in [0.29, 0.717) is 6.42 Å². The highest BCUT2D eigenvalue weighted by molar-refractivity contribution is 5.90. The van der Waals surface area contributed by atoms with Crippen molar-refractivity contribution in [3.63, 3.8) is 0 Å². The molecule has 2 aliphatic rings. The lowest BCUT2D eigenvalue weighted by molar-refractivity contribution is -0.125. The number of hydrogen-bond donors (Lipinski definition) is 0. The van der Waals surface area contributed by atoms with Crippen molar-refractivity contribution in [3.8, 4) is 0 Å². The molecule has 1 saturated carbocycles. The molecule has 2 heteroatoms. The molecule has 1 fully saturated rings. The van der Waals surface area contributed by atoms with Gasteiger partial charge in [0.05, 0.1) is 12.7 Å². The van der Waals surface area contributed by atoms with Crippen LogP contribution < -0.4 is 0 Å². The Morgan fingerprint density at radius 1 is 1.46 bits per heavy atom. The summed E-state index contributed by atoms with van der Waals surface area (Å²) in [7, 11) is 0. The topological polar surface area (TPSA) is 26.3 Å². The molecule has 2 rings (SSSR count). The molecule has 0 atom stereocenters. The number of ether oxygens (including phenoxy) is 1. The normalized spacial score (nSPS) is 39.2. The first-order chi connectivity index (χ1) is 6.20. The lowest BCUT2D eigenvalue weighted by Crippen LogP contribution is -2.39. The summed E-state index contributed by atoms with van der Waals surface area (Å²) in [6.45, 7) is 2.27. The average molecular weight is 180 g/mol. The van der Waals surface area contributed by atoms with Crippen molar-refractivity contribution in [2.24, 2.45) is 5.92 Å². The van der Waals surface area contributed by atoms with Crippen molar-refractivity contribution < 1.29 is 9.53 Å². The molecular weight excluding hydrogens is 164 g/mol. The van der Waals surface area contributed by atoms with Gasteiger partial charge in [0.1, 0.15) is 5.60 Å². The van der Waals surface area contributed by atoms with Crippen molar-refractivity contribution in [1.29, 1.82) is 0 Å². The summed E-state index contributed by atoms with van der Waals surface area (Å²) in [6.07, 6.45) is 8.21. The van der Waals surface area contributed by atoms with Gasteiger partial charge in [-0.25, -0.2) is 0 Å². The molecule has 0 aromatic rings. The quantitative estimate of drug-likeness (QED) is 0.572. The van der Waals surface area contributed by atoms with Crippen LogP contribution in [0, 0.1) is 5.92 Å². The highest BCUT2D eigenvalue weighted by Crippen LogP contribution is 2.38. The first kappa shape index (κ1) is 8.79. The van der Waals surface area contributed by atoms with Crippen LogP contribution in [0.1, 0.15) is 39.0 Å². The maximum Gasteiger partial charge on any atom is 0.162 e. The van der Waals surface area contributed by atoms with E-state index in [0.717, 1.165) is 18.8 Å². The number of rotatable bonds is 0. The van der Waals surface area contributed by atoms with Gasteiger partial charge >= 0.3 is 0 Å². The van der Waals surface area contributed by atoms with E-state index in [4.69, 9.17) is 4.74 Å². The zero-order valence-electron chi connectivity index (χ0n) is 8.08. The minimum absolute atomic E-state index is 0.127. The Bertz CT molecular complexity index is 234. The Morgan fingerprint density at radius 2 is 2.15 bits per heavy atom. The molecule has 0 aromatic carbocycles. The van der Waals surface area contributed by atoms with E-state index in [1.165, 1.54) is 12.8 Å². The summed E-state index contributed by atoms with van der Waals surface area (Å²) in [5.41, 5.74) is -0.127. The average Bonchev–Trinajstić information content (AvgIpc) is 2.11. The molecule has 72 valence electrons. The molecule has 0 bridgehead atoms. The third-order valence-electron chi connectivity index (χ3n) is 3.25. The molecule has 0 radical (unpaired) electrons. The fraction of sp³-hybridized carbons (Fsp3) is 0.727. The monoisotopic (exact) mass is 180 g/mol. The van der Waals surface area contributed by atoms with Gasteiger partial charge in [0, 0.05) is 6.08 Å². The van der Waals surface area contributed by atoms with Gasteiger partial charge in [-0.05, 0) is 31.6 Å². The van der Waals surface area contributed by atoms with Crippen LogP contribution in [0.4, 0.5) is 0 Å². The lowest BCUT2D eigenvalue weighted by Gasteiger charge is -2.39. The zero-order chi connectivity index (χ0) is 9.31. The first-order valence-electron chi connectivity index (χ1n) is 5.07. The van der Waals surface area contributed by atoms with Gasteiger partial charge in [-0.15, -0.1) is 0 Å². The van der Waals surface area contributed by atoms with Gasteiger partial charge < -0.3 is 4.74 Å². The SMILES string of the molecule is CC1CCC2(CC1)CC(=O)C=CO2. The zero-order valence-corrected chi connectivity index (χ0v) is 8.08. The van der Waals surface area contributed by atoms with Crippen LogP contribution >= 0.6 is 0 Å². The highest BCUT2D eigenvalue weighted by Gasteiger charge is 2.38. The van der Waals surface area contributed by atoms with Gasteiger partial charge in [-0.2, -0.15) is 0 Å². The van der Waals surface area contributed by atoms with E-state index in [1.54, 1.807) is 12.3 Å². The molecule has 0 aromatic heterocycles. The van der Waals surface area contributed by atoms with Gasteiger partial charge in [-0.1, -0.05) is 6.92 Å². The number of ketones is 1. The van der Waals surface area contributed by atoms with Crippen LogP contribution in [-0.2, 0) is 9.53 Å². The van der Waals surface area contributed by atoms with Crippen LogP contribution in [0.15, 0.2) is 12.3 Å². The summed E-state index contributed by atoms with van der Waals surface area (Å²) >= 11 is 0. The van der Waals surface area contributed by atoms with Gasteiger partial charge in [0.25, 0.3) is 0 Å². The predicted octanol–water partition coefficient (Wildman–Crippen LogP) is 2.44. The molecule has 2 nitrogen and oxygen atoms in total. The lowest BCUT2D eigenvalue weighted by atomic mass is 9.76. The van der Waals surface area contributed by atoms with E-state index in [1.807, 2.05) is 0 Å². The first-order valence-corrected chi connectivity index (χ1v) is 5.07. The maximum atomic E-state index is 11.3. The number of carbonyl (C=O) groups is 1. The Balaban J connectivity index is 2.05. The second-order valence-electron chi connectivity index (χ2n) is 4.43. The summed E-state index contributed by atoms with van der Waals surface area (Å²) in [6, 6.07) is 0. The molecule has 0 unspecified atom stereocenters. The second-order valence-corrected chi connectivity index (χ2v) is 4.43. The molecule has 1 aliphatic carbocycles. The van der Waals surface area contributed by atoms with Crippen LogP contribution in [0.3, 0.4) is 0 Å². The fourth-order valence-corrected chi connectivity index (χ4v) is 2.26. The summed E-state index contributed by atoms with van der Waals surface area (Å²) in [5.74, 6) is 1.02. The van der Waals surface area contributed by atoms with E-state index < -0.39 is 0 Å². The maximum absolute atomic E-state index is 11.3. The molecular formula is C11H16O2. The number of carbonyl (C=O) groups excluding carboxylic acids is 1. The van der Waals surface area contributed by atoms with Crippen molar-refractivity contribution in [1.82, 2.24) is 0 Å². The molecule has 1 heterocycles. The fourth-order valence-electron chi connectivity index (χ4n) is 2.26. The van der Waals surface area contributed by atoms with Gasteiger partial charge in [-0.3, -0.25) is 4.79 Å². The largest absolute Gasteiger partial charge is 0.494 e. The molecule has 13 heavy (non-hydrogen) atoms. The molecule has 1 spiro atoms. The standard InChI is InChI=1S/C11H16O2/c1-9-2-5-11(6-3-9)8-10(12)4-7-13-11/h4,7,9H,2-3,5-6,8H2,1H3. The molecule has 0 N–H and O–H groups in total. The van der Waals surface area contributed by atoms with E-state index >= 15 is 0 Å². The molecule has 0 amide bonds. The summed E-state index contributed by atoms with van der Waals surface area (Å²) < 4.78 is 5.62. The molecule has 1 aliphatic heterocycles. The van der Waals surface area contributed by atoms with Crippen LogP contribution in [0.5, 0.6) is 0 Å². The van der Waals surface area contributed by atoms with E-state index in [2.05, 4.69) is 6.92 Å². The van der Waals surface area contributed by atoms with Crippen molar-refractivity contribution in [3.05, 3.63) is 12.3 Å². The minimum atomic E-state index is -0.127. The van der Waals surface area contributed by atoms with Crippen LogP contribution in [0.2, 0.25) is 0 Å². The van der Waals surface area contributed by atoms with E-state index in [-0.39, 0.29) is 11.4 Å². The predicted molar refractivity (Wildman–Crippen MR) is 50.2 cm³/mol. The number of allylic oxidation sites excluding steroid dienone is 1. The highest BCUT2D eigenvalue weighted by atomic mass is 16.5. The Kier molecular flexibility index (Phi) is 2.14. The van der Waals surface area contributed by atoms with Crippen LogP contribution in [-0.4, -0.2) is 11.4 Å². The second kappa shape index (κ2) is 3.17. The van der Waals surface area contributed by atoms with Gasteiger partial charge in [0.15, 0.2) is 5.78 Å². The van der Waals surface area contributed by atoms with Crippen LogP contribution in [0.25, 0.3) is 0 Å². The Labute approximate surface area is 79.0 Å². The number of hydrogen-bond acceptors (Lipinski definition) is 2. The molecule has 0 saturated heterocycles. The van der Waals surface area contributed by atoms with Crippen molar-refractivity contribution in [2.75, 3.05) is 0 Å². The van der Waals surface area contributed by atoms with E-state index in [9.17, 15) is 4.79 Å². The Hall–Kier alpha value is -0.790. The Morgan fingerprint density at radius 3 is 2.77 bits per heavy atom. The smallest absolute Gasteiger partial charge is 0.162 e. The third kappa shape index (κ3) is 1.77.